The molecule has 1 fully saturated rings. The average molecular weight is 300 g/mol. The molecule has 1 saturated heterocycles. The van der Waals surface area contributed by atoms with Gasteiger partial charge in [-0.2, -0.15) is 11.8 Å². The predicted molar refractivity (Wildman–Crippen MR) is 82.7 cm³/mol. The third kappa shape index (κ3) is 3.00. The molecule has 1 aliphatic rings. The number of rotatable bonds is 2. The van der Waals surface area contributed by atoms with Crippen LogP contribution in [0.25, 0.3) is 0 Å². The largest absolute Gasteiger partial charge is 0.397 e. The molecular weight excluding hydrogens is 280 g/mol. The molecule has 0 spiro atoms. The first-order valence-corrected chi connectivity index (χ1v) is 9.22. The summed E-state index contributed by atoms with van der Waals surface area (Å²) in [5.74, 6) is 1.07. The third-order valence-corrected chi connectivity index (χ3v) is 6.07. The van der Waals surface area contributed by atoms with Gasteiger partial charge in [0, 0.05) is 29.8 Å². The SMILES string of the molecule is CC1SCCN(c2ccc(S(C)(=O)=O)cc2N)C1C. The van der Waals surface area contributed by atoms with E-state index in [0.717, 1.165) is 18.0 Å². The quantitative estimate of drug-likeness (QED) is 0.846. The summed E-state index contributed by atoms with van der Waals surface area (Å²) in [6.45, 7) is 5.34. The van der Waals surface area contributed by atoms with E-state index in [2.05, 4.69) is 18.7 Å². The standard InChI is InChI=1S/C13H20N2O2S2/c1-9-10(2)18-7-6-15(9)13-5-4-11(8-12(13)14)19(3,16)17/h4-5,8-10H,6-7,14H2,1-3H3. The minimum absolute atomic E-state index is 0.279. The van der Waals surface area contributed by atoms with Crippen molar-refractivity contribution in [1.29, 1.82) is 0 Å². The van der Waals surface area contributed by atoms with Crippen LogP contribution in [0.3, 0.4) is 0 Å². The lowest BCUT2D eigenvalue weighted by Gasteiger charge is -2.39. The summed E-state index contributed by atoms with van der Waals surface area (Å²) in [4.78, 5) is 2.54. The van der Waals surface area contributed by atoms with Crippen molar-refractivity contribution in [3.05, 3.63) is 18.2 Å². The van der Waals surface area contributed by atoms with Crippen molar-refractivity contribution in [2.24, 2.45) is 0 Å². The molecule has 2 atom stereocenters. The molecule has 1 aliphatic heterocycles. The first-order valence-electron chi connectivity index (χ1n) is 6.28. The van der Waals surface area contributed by atoms with E-state index in [1.54, 1.807) is 12.1 Å². The van der Waals surface area contributed by atoms with E-state index in [9.17, 15) is 8.42 Å². The predicted octanol–water partition coefficient (Wildman–Crippen LogP) is 2.00. The second-order valence-corrected chi connectivity index (χ2v) is 8.50. The summed E-state index contributed by atoms with van der Waals surface area (Å²) < 4.78 is 23.0. The maximum atomic E-state index is 11.5. The summed E-state index contributed by atoms with van der Waals surface area (Å²) in [6, 6.07) is 5.42. The number of hydrogen-bond donors (Lipinski definition) is 1. The van der Waals surface area contributed by atoms with E-state index in [1.807, 2.05) is 17.8 Å². The topological polar surface area (TPSA) is 63.4 Å². The Hall–Kier alpha value is -0.880. The average Bonchev–Trinajstić information content (AvgIpc) is 2.32. The fourth-order valence-electron chi connectivity index (χ4n) is 2.30. The van der Waals surface area contributed by atoms with Gasteiger partial charge in [-0.05, 0) is 25.1 Å². The van der Waals surface area contributed by atoms with Gasteiger partial charge in [-0.3, -0.25) is 0 Å². The van der Waals surface area contributed by atoms with Gasteiger partial charge in [-0.25, -0.2) is 8.42 Å². The molecule has 0 bridgehead atoms. The van der Waals surface area contributed by atoms with Gasteiger partial charge in [0.1, 0.15) is 0 Å². The summed E-state index contributed by atoms with van der Waals surface area (Å²) in [6.07, 6.45) is 1.20. The van der Waals surface area contributed by atoms with Crippen molar-refractivity contribution in [3.8, 4) is 0 Å². The molecule has 0 aliphatic carbocycles. The Morgan fingerprint density at radius 2 is 2.05 bits per heavy atom. The number of sulfone groups is 1. The van der Waals surface area contributed by atoms with Crippen LogP contribution in [0.2, 0.25) is 0 Å². The van der Waals surface area contributed by atoms with Gasteiger partial charge < -0.3 is 10.6 Å². The molecular formula is C13H20N2O2S2. The molecule has 0 aromatic heterocycles. The third-order valence-electron chi connectivity index (χ3n) is 3.62. The Kier molecular flexibility index (Phi) is 4.01. The van der Waals surface area contributed by atoms with Crippen molar-refractivity contribution in [3.63, 3.8) is 0 Å². The van der Waals surface area contributed by atoms with Crippen molar-refractivity contribution >= 4 is 33.0 Å². The van der Waals surface area contributed by atoms with Crippen LogP contribution in [0.5, 0.6) is 0 Å². The van der Waals surface area contributed by atoms with E-state index in [1.165, 1.54) is 6.26 Å². The molecule has 2 N–H and O–H groups in total. The van der Waals surface area contributed by atoms with Crippen LogP contribution in [-0.4, -0.2) is 38.3 Å². The smallest absolute Gasteiger partial charge is 0.175 e. The molecule has 2 rings (SSSR count). The van der Waals surface area contributed by atoms with Crippen LogP contribution in [-0.2, 0) is 9.84 Å². The van der Waals surface area contributed by atoms with Crippen LogP contribution in [0, 0.1) is 0 Å². The van der Waals surface area contributed by atoms with Gasteiger partial charge in [0.05, 0.1) is 16.3 Å². The van der Waals surface area contributed by atoms with Gasteiger partial charge >= 0.3 is 0 Å². The van der Waals surface area contributed by atoms with Crippen LogP contribution in [0.4, 0.5) is 11.4 Å². The molecule has 19 heavy (non-hydrogen) atoms. The van der Waals surface area contributed by atoms with Crippen LogP contribution in [0.15, 0.2) is 23.1 Å². The summed E-state index contributed by atoms with van der Waals surface area (Å²) in [7, 11) is -3.20. The number of thioether (sulfide) groups is 1. The highest BCUT2D eigenvalue weighted by Gasteiger charge is 2.26. The molecule has 1 heterocycles. The number of nitrogens with zero attached hydrogens (tertiary/aromatic N) is 1. The van der Waals surface area contributed by atoms with Crippen LogP contribution in [0.1, 0.15) is 13.8 Å². The maximum Gasteiger partial charge on any atom is 0.175 e. The molecule has 6 heteroatoms. The molecule has 106 valence electrons. The highest BCUT2D eigenvalue weighted by Crippen LogP contribution is 2.33. The minimum atomic E-state index is -3.20. The Bertz CT molecular complexity index is 572. The Labute approximate surface area is 119 Å². The fraction of sp³-hybridized carbons (Fsp3) is 0.538. The van der Waals surface area contributed by atoms with Gasteiger partial charge in [-0.15, -0.1) is 0 Å². The van der Waals surface area contributed by atoms with Gasteiger partial charge in [0.2, 0.25) is 0 Å². The first-order chi connectivity index (χ1) is 8.80. The Morgan fingerprint density at radius 3 is 2.63 bits per heavy atom. The second kappa shape index (κ2) is 5.25. The number of benzene rings is 1. The van der Waals surface area contributed by atoms with Gasteiger partial charge in [0.25, 0.3) is 0 Å². The number of anilines is 2. The van der Waals surface area contributed by atoms with Crippen molar-refractivity contribution in [2.45, 2.75) is 30.0 Å². The van der Waals surface area contributed by atoms with E-state index < -0.39 is 9.84 Å². The highest BCUT2D eigenvalue weighted by molar-refractivity contribution is 8.00. The van der Waals surface area contributed by atoms with Crippen LogP contribution >= 0.6 is 11.8 Å². The van der Waals surface area contributed by atoms with Crippen molar-refractivity contribution in [2.75, 3.05) is 29.2 Å². The van der Waals surface area contributed by atoms with Gasteiger partial charge in [0.15, 0.2) is 9.84 Å². The van der Waals surface area contributed by atoms with E-state index in [0.29, 0.717) is 17.0 Å². The van der Waals surface area contributed by atoms with E-state index in [4.69, 9.17) is 5.73 Å². The first kappa shape index (κ1) is 14.5. The fourth-order valence-corrected chi connectivity index (χ4v) is 4.05. The number of hydrogen-bond acceptors (Lipinski definition) is 5. The molecule has 0 amide bonds. The lowest BCUT2D eigenvalue weighted by molar-refractivity contribution is 0.601. The number of nitrogens with two attached hydrogens (primary N) is 1. The monoisotopic (exact) mass is 300 g/mol. The van der Waals surface area contributed by atoms with Crippen molar-refractivity contribution in [1.82, 2.24) is 0 Å². The highest BCUT2D eigenvalue weighted by atomic mass is 32.2. The maximum absolute atomic E-state index is 11.5. The zero-order valence-corrected chi connectivity index (χ0v) is 13.1. The van der Waals surface area contributed by atoms with Crippen LogP contribution < -0.4 is 10.6 Å². The molecule has 1 aromatic rings. The molecule has 0 saturated carbocycles. The Balaban J connectivity index is 2.36. The molecule has 2 unspecified atom stereocenters. The lowest BCUT2D eigenvalue weighted by Crippen LogP contribution is -2.45. The zero-order valence-electron chi connectivity index (χ0n) is 11.5. The minimum Gasteiger partial charge on any atom is -0.397 e. The summed E-state index contributed by atoms with van der Waals surface area (Å²) in [5, 5.41) is 0.544. The normalized spacial score (nSPS) is 24.5. The van der Waals surface area contributed by atoms with Crippen molar-refractivity contribution < 1.29 is 8.42 Å². The lowest BCUT2D eigenvalue weighted by atomic mass is 10.1. The summed E-state index contributed by atoms with van der Waals surface area (Å²) >= 11 is 1.96. The molecule has 1 aromatic carbocycles. The van der Waals surface area contributed by atoms with E-state index in [-0.39, 0.29) is 4.90 Å². The summed E-state index contributed by atoms with van der Waals surface area (Å²) in [5.41, 5.74) is 7.52. The Morgan fingerprint density at radius 1 is 1.37 bits per heavy atom. The number of nitrogen functional groups attached to an aromatic ring is 1. The zero-order chi connectivity index (χ0) is 14.2. The molecule has 0 radical (unpaired) electrons. The van der Waals surface area contributed by atoms with E-state index >= 15 is 0 Å². The molecule has 4 nitrogen and oxygen atoms in total. The second-order valence-electron chi connectivity index (χ2n) is 5.00. The van der Waals surface area contributed by atoms with Gasteiger partial charge in [-0.1, -0.05) is 6.92 Å².